The second kappa shape index (κ2) is 7.92. The average molecular weight is 369 g/mol. The molecule has 0 spiro atoms. The minimum atomic E-state index is 0.108. The van der Waals surface area contributed by atoms with E-state index in [0.29, 0.717) is 6.61 Å². The Balaban J connectivity index is 2.07. The molecule has 3 nitrogen and oxygen atoms in total. The summed E-state index contributed by atoms with van der Waals surface area (Å²) in [7, 11) is 0. The molecule has 2 aromatic rings. The quantitative estimate of drug-likeness (QED) is 0.790. The van der Waals surface area contributed by atoms with E-state index in [4.69, 9.17) is 10.5 Å². The summed E-state index contributed by atoms with van der Waals surface area (Å²) >= 11 is 5.26. The molecule has 0 radical (unpaired) electrons. The highest BCUT2D eigenvalue weighted by atomic mass is 79.9. The van der Waals surface area contributed by atoms with Crippen LogP contribution in [0.25, 0.3) is 0 Å². The maximum atomic E-state index is 5.99. The van der Waals surface area contributed by atoms with E-state index in [1.165, 1.54) is 5.01 Å². The van der Waals surface area contributed by atoms with E-state index >= 15 is 0 Å². The van der Waals surface area contributed by atoms with Gasteiger partial charge >= 0.3 is 0 Å². The van der Waals surface area contributed by atoms with E-state index in [9.17, 15) is 0 Å². The highest BCUT2D eigenvalue weighted by molar-refractivity contribution is 9.10. The molecule has 21 heavy (non-hydrogen) atoms. The van der Waals surface area contributed by atoms with Gasteiger partial charge in [0.2, 0.25) is 0 Å². The summed E-state index contributed by atoms with van der Waals surface area (Å²) in [5, 5.41) is 3.26. The number of para-hydroxylation sites is 1. The van der Waals surface area contributed by atoms with Crippen LogP contribution >= 0.6 is 27.3 Å². The molecule has 0 amide bonds. The van der Waals surface area contributed by atoms with E-state index in [2.05, 4.69) is 39.3 Å². The summed E-state index contributed by atoms with van der Waals surface area (Å²) in [6.45, 7) is 4.66. The van der Waals surface area contributed by atoms with Crippen molar-refractivity contribution in [2.24, 2.45) is 5.73 Å². The fourth-order valence-corrected chi connectivity index (χ4v) is 3.52. The zero-order chi connectivity index (χ0) is 15.2. The molecule has 0 aliphatic rings. The molecule has 2 rings (SSSR count). The predicted octanol–water partition coefficient (Wildman–Crippen LogP) is 4.33. The molecule has 0 fully saturated rings. The van der Waals surface area contributed by atoms with Gasteiger partial charge in [-0.15, -0.1) is 11.3 Å². The molecule has 0 saturated carbocycles. The predicted molar refractivity (Wildman–Crippen MR) is 91.9 cm³/mol. The minimum Gasteiger partial charge on any atom is -0.486 e. The van der Waals surface area contributed by atoms with Crippen LogP contribution in [0.2, 0.25) is 0 Å². The third kappa shape index (κ3) is 4.80. The summed E-state index contributed by atoms with van der Waals surface area (Å²) in [5.41, 5.74) is 8.03. The molecule has 0 saturated heterocycles. The number of aromatic nitrogens is 1. The van der Waals surface area contributed by atoms with Crippen molar-refractivity contribution in [1.82, 2.24) is 4.98 Å². The molecule has 0 aliphatic carbocycles. The van der Waals surface area contributed by atoms with Crippen LogP contribution in [0.1, 0.15) is 36.5 Å². The Labute approximate surface area is 138 Å². The Hall–Kier alpha value is -0.910. The Kier molecular flexibility index (Phi) is 6.21. The molecule has 5 heteroatoms. The van der Waals surface area contributed by atoms with E-state index in [1.807, 2.05) is 19.1 Å². The van der Waals surface area contributed by atoms with Gasteiger partial charge in [-0.3, -0.25) is 0 Å². The maximum absolute atomic E-state index is 5.99. The summed E-state index contributed by atoms with van der Waals surface area (Å²) in [5.74, 6) is 0.875. The first-order valence-electron chi connectivity index (χ1n) is 7.19. The number of halogens is 1. The van der Waals surface area contributed by atoms with Crippen LogP contribution in [-0.4, -0.2) is 11.0 Å². The van der Waals surface area contributed by atoms with Crippen LogP contribution < -0.4 is 10.5 Å². The van der Waals surface area contributed by atoms with Crippen molar-refractivity contribution in [2.75, 3.05) is 0 Å². The van der Waals surface area contributed by atoms with Crippen molar-refractivity contribution in [3.8, 4) is 5.75 Å². The smallest absolute Gasteiger partial charge is 0.137 e. The molecule has 1 aromatic heterocycles. The fraction of sp³-hybridized carbons (Fsp3) is 0.438. The van der Waals surface area contributed by atoms with E-state index in [0.717, 1.165) is 40.7 Å². The number of rotatable bonds is 7. The number of hydrogen-bond acceptors (Lipinski definition) is 4. The number of benzene rings is 1. The molecule has 1 heterocycles. The van der Waals surface area contributed by atoms with Crippen LogP contribution in [0.4, 0.5) is 0 Å². The van der Waals surface area contributed by atoms with Crippen molar-refractivity contribution < 1.29 is 4.74 Å². The lowest BCUT2D eigenvalue weighted by Gasteiger charge is -2.14. The molecular formula is C16H21BrN2OS. The standard InChI is InChI=1S/C16H21BrN2OS/c1-3-5-15-19-13(10-21-15)9-20-16-12(8-11(2)18)6-4-7-14(16)17/h4,6-7,10-11H,3,5,8-9,18H2,1-2H3. The SMILES string of the molecule is CCCc1nc(COc2c(Br)cccc2CC(C)N)cs1. The molecule has 1 atom stereocenters. The molecule has 2 N–H and O–H groups in total. The summed E-state index contributed by atoms with van der Waals surface area (Å²) in [4.78, 5) is 4.59. The highest BCUT2D eigenvalue weighted by Gasteiger charge is 2.11. The second-order valence-corrected chi connectivity index (χ2v) is 6.98. The van der Waals surface area contributed by atoms with Crippen molar-refractivity contribution in [3.63, 3.8) is 0 Å². The van der Waals surface area contributed by atoms with E-state index in [1.54, 1.807) is 11.3 Å². The van der Waals surface area contributed by atoms with Crippen LogP contribution in [0.5, 0.6) is 5.75 Å². The zero-order valence-corrected chi connectivity index (χ0v) is 14.8. The number of hydrogen-bond donors (Lipinski definition) is 1. The van der Waals surface area contributed by atoms with Crippen LogP contribution in [0.15, 0.2) is 28.1 Å². The van der Waals surface area contributed by atoms with Gasteiger partial charge in [0, 0.05) is 11.4 Å². The third-order valence-corrected chi connectivity index (χ3v) is 4.60. The van der Waals surface area contributed by atoms with Gasteiger partial charge in [0.15, 0.2) is 0 Å². The molecule has 0 bridgehead atoms. The maximum Gasteiger partial charge on any atom is 0.137 e. The van der Waals surface area contributed by atoms with Gasteiger partial charge in [0.1, 0.15) is 12.4 Å². The highest BCUT2D eigenvalue weighted by Crippen LogP contribution is 2.30. The number of aryl methyl sites for hydroxylation is 1. The van der Waals surface area contributed by atoms with Gasteiger partial charge in [-0.1, -0.05) is 19.1 Å². The van der Waals surface area contributed by atoms with Gasteiger partial charge in [-0.2, -0.15) is 0 Å². The van der Waals surface area contributed by atoms with Crippen LogP contribution in [0, 0.1) is 0 Å². The lowest BCUT2D eigenvalue weighted by atomic mass is 10.1. The van der Waals surface area contributed by atoms with Gasteiger partial charge in [0.05, 0.1) is 15.2 Å². The summed E-state index contributed by atoms with van der Waals surface area (Å²) in [6, 6.07) is 6.17. The van der Waals surface area contributed by atoms with Gasteiger partial charge < -0.3 is 10.5 Å². The summed E-state index contributed by atoms with van der Waals surface area (Å²) < 4.78 is 6.95. The molecular weight excluding hydrogens is 348 g/mol. The Morgan fingerprint density at radius 3 is 2.95 bits per heavy atom. The average Bonchev–Trinajstić information content (AvgIpc) is 2.86. The first kappa shape index (κ1) is 16.5. The largest absolute Gasteiger partial charge is 0.486 e. The molecule has 1 aromatic carbocycles. The van der Waals surface area contributed by atoms with Crippen molar-refractivity contribution in [2.45, 2.75) is 45.8 Å². The third-order valence-electron chi connectivity index (χ3n) is 3.02. The van der Waals surface area contributed by atoms with Crippen molar-refractivity contribution >= 4 is 27.3 Å². The van der Waals surface area contributed by atoms with Gasteiger partial charge in [-0.25, -0.2) is 4.98 Å². The fourth-order valence-electron chi connectivity index (χ4n) is 2.11. The topological polar surface area (TPSA) is 48.1 Å². The van der Waals surface area contributed by atoms with Crippen molar-refractivity contribution in [1.29, 1.82) is 0 Å². The number of nitrogens with zero attached hydrogens (tertiary/aromatic N) is 1. The van der Waals surface area contributed by atoms with Gasteiger partial charge in [0.25, 0.3) is 0 Å². The van der Waals surface area contributed by atoms with E-state index < -0.39 is 0 Å². The molecule has 0 aliphatic heterocycles. The Bertz CT molecular complexity index is 583. The van der Waals surface area contributed by atoms with E-state index in [-0.39, 0.29) is 6.04 Å². The van der Waals surface area contributed by atoms with Crippen molar-refractivity contribution in [3.05, 3.63) is 44.3 Å². The first-order valence-corrected chi connectivity index (χ1v) is 8.86. The normalized spacial score (nSPS) is 12.4. The second-order valence-electron chi connectivity index (χ2n) is 5.18. The number of thiazole rings is 1. The monoisotopic (exact) mass is 368 g/mol. The zero-order valence-electron chi connectivity index (χ0n) is 12.4. The Morgan fingerprint density at radius 1 is 1.43 bits per heavy atom. The van der Waals surface area contributed by atoms with Crippen LogP contribution in [0.3, 0.4) is 0 Å². The molecule has 1 unspecified atom stereocenters. The minimum absolute atomic E-state index is 0.108. The Morgan fingerprint density at radius 2 is 2.24 bits per heavy atom. The van der Waals surface area contributed by atoms with Gasteiger partial charge in [-0.05, 0) is 53.7 Å². The lowest BCUT2D eigenvalue weighted by molar-refractivity contribution is 0.296. The van der Waals surface area contributed by atoms with Crippen LogP contribution in [-0.2, 0) is 19.4 Å². The molecule has 114 valence electrons. The summed E-state index contributed by atoms with van der Waals surface area (Å²) in [6.07, 6.45) is 2.96. The lowest BCUT2D eigenvalue weighted by Crippen LogP contribution is -2.18. The first-order chi connectivity index (χ1) is 10.1. The number of nitrogens with two attached hydrogens (primary N) is 1. The number of ether oxygens (including phenoxy) is 1.